The van der Waals surface area contributed by atoms with Crippen LogP contribution in [-0.4, -0.2) is 78.3 Å². The van der Waals surface area contributed by atoms with E-state index in [9.17, 15) is 9.59 Å². The van der Waals surface area contributed by atoms with E-state index >= 15 is 0 Å². The highest BCUT2D eigenvalue weighted by Gasteiger charge is 2.22. The fourth-order valence-electron chi connectivity index (χ4n) is 5.23. The molecule has 1 N–H and O–H groups in total. The molecule has 0 radical (unpaired) electrons. The quantitative estimate of drug-likeness (QED) is 0.161. The van der Waals surface area contributed by atoms with E-state index in [0.29, 0.717) is 5.88 Å². The number of nitrogens with zero attached hydrogens (tertiary/aromatic N) is 3. The van der Waals surface area contributed by atoms with E-state index in [2.05, 4.69) is 54.1 Å². The third-order valence-corrected chi connectivity index (χ3v) is 7.60. The number of hydrogen-bond acceptors (Lipinski definition) is 6. The zero-order valence-corrected chi connectivity index (χ0v) is 28.7. The standard InChI is InChI=1S/C38H46N4O5/c1-9-30(27-14-12-15-29(24-27)45-8)35(36-26(2)31-16-10-11-17-32(31)40-36)28-19-20-33(39-25-28)46-23-22-42(37(44)47-38(3,4)5)21-13-18-34(43)41(6)7/h10-20,24-25,40H,9,21-23H2,1-8H3/b18-13+,35-30+. The molecule has 4 aromatic rings. The van der Waals surface area contributed by atoms with Crippen LogP contribution < -0.4 is 9.47 Å². The average molecular weight is 639 g/mol. The Hall–Kier alpha value is -5.05. The highest BCUT2D eigenvalue weighted by molar-refractivity contribution is 6.02. The number of rotatable bonds is 12. The van der Waals surface area contributed by atoms with Crippen molar-refractivity contribution in [2.75, 3.05) is 40.9 Å². The van der Waals surface area contributed by atoms with Gasteiger partial charge < -0.3 is 29.0 Å². The number of amides is 2. The maximum absolute atomic E-state index is 12.9. The predicted molar refractivity (Wildman–Crippen MR) is 188 cm³/mol. The van der Waals surface area contributed by atoms with E-state index in [1.54, 1.807) is 27.3 Å². The molecule has 9 nitrogen and oxygen atoms in total. The molecule has 0 aliphatic rings. The van der Waals surface area contributed by atoms with E-state index in [4.69, 9.17) is 14.2 Å². The number of aromatic amines is 1. The Labute approximate surface area is 277 Å². The monoisotopic (exact) mass is 638 g/mol. The van der Waals surface area contributed by atoms with Gasteiger partial charge in [0, 0.05) is 61.0 Å². The molecule has 0 unspecified atom stereocenters. The number of H-pyrrole nitrogens is 1. The number of likely N-dealkylation sites (N-methyl/N-ethyl adjacent to an activating group) is 1. The highest BCUT2D eigenvalue weighted by atomic mass is 16.6. The number of aryl methyl sites for hydroxylation is 1. The second kappa shape index (κ2) is 15.5. The van der Waals surface area contributed by atoms with Gasteiger partial charge in [0.05, 0.1) is 19.3 Å². The predicted octanol–water partition coefficient (Wildman–Crippen LogP) is 7.51. The zero-order valence-electron chi connectivity index (χ0n) is 28.7. The number of pyridine rings is 1. The van der Waals surface area contributed by atoms with Crippen molar-refractivity contribution >= 4 is 34.0 Å². The van der Waals surface area contributed by atoms with Gasteiger partial charge in [0.1, 0.15) is 18.0 Å². The minimum atomic E-state index is -0.659. The summed E-state index contributed by atoms with van der Waals surface area (Å²) in [6.07, 6.45) is 5.21. The number of ether oxygens (including phenoxy) is 3. The molecule has 248 valence electrons. The molecule has 47 heavy (non-hydrogen) atoms. The average Bonchev–Trinajstić information content (AvgIpc) is 3.37. The highest BCUT2D eigenvalue weighted by Crippen LogP contribution is 2.38. The van der Waals surface area contributed by atoms with Crippen LogP contribution in [0.1, 0.15) is 56.5 Å². The maximum atomic E-state index is 12.9. The SMILES string of the molecule is CC/C(=C(/c1ccc(OCCN(C/C=C/C(=O)N(C)C)C(=O)OC(C)(C)C)nc1)c1[nH]c2ccccc2c1C)c1cccc(OC)c1. The molecule has 0 fully saturated rings. The lowest BCUT2D eigenvalue weighted by molar-refractivity contribution is -0.123. The van der Waals surface area contributed by atoms with Crippen molar-refractivity contribution in [1.29, 1.82) is 0 Å². The van der Waals surface area contributed by atoms with Crippen molar-refractivity contribution in [3.8, 4) is 11.6 Å². The van der Waals surface area contributed by atoms with E-state index in [0.717, 1.165) is 51.2 Å². The molecule has 2 aromatic carbocycles. The fraction of sp³-hybridized carbons (Fsp3) is 0.342. The summed E-state index contributed by atoms with van der Waals surface area (Å²) in [7, 11) is 5.02. The van der Waals surface area contributed by atoms with Crippen molar-refractivity contribution in [2.45, 2.75) is 46.6 Å². The van der Waals surface area contributed by atoms with Crippen LogP contribution in [0.15, 0.2) is 79.0 Å². The summed E-state index contributed by atoms with van der Waals surface area (Å²) in [6, 6.07) is 20.3. The molecule has 0 atom stereocenters. The normalized spacial score (nSPS) is 12.2. The number of allylic oxidation sites excluding steroid dienone is 1. The van der Waals surface area contributed by atoms with Gasteiger partial charge in [0.25, 0.3) is 0 Å². The Balaban J connectivity index is 1.61. The van der Waals surface area contributed by atoms with Crippen LogP contribution in [0.5, 0.6) is 11.6 Å². The molecule has 2 aromatic heterocycles. The van der Waals surface area contributed by atoms with E-state index in [1.165, 1.54) is 21.3 Å². The molecule has 0 bridgehead atoms. The Kier molecular flexibility index (Phi) is 11.5. The van der Waals surface area contributed by atoms with Crippen LogP contribution in [0, 0.1) is 6.92 Å². The lowest BCUT2D eigenvalue weighted by Gasteiger charge is -2.26. The molecular formula is C38H46N4O5. The van der Waals surface area contributed by atoms with E-state index < -0.39 is 11.7 Å². The summed E-state index contributed by atoms with van der Waals surface area (Å²) in [6.45, 7) is 10.4. The first-order chi connectivity index (χ1) is 22.4. The lowest BCUT2D eigenvalue weighted by atomic mass is 9.90. The molecule has 4 rings (SSSR count). The minimum absolute atomic E-state index is 0.164. The molecule has 0 spiro atoms. The zero-order chi connectivity index (χ0) is 34.1. The van der Waals surface area contributed by atoms with Crippen molar-refractivity contribution < 1.29 is 23.8 Å². The van der Waals surface area contributed by atoms with Crippen LogP contribution >= 0.6 is 0 Å². The number of nitrogens with one attached hydrogen (secondary N) is 1. The van der Waals surface area contributed by atoms with Crippen LogP contribution in [0.2, 0.25) is 0 Å². The van der Waals surface area contributed by atoms with Crippen LogP contribution in [-0.2, 0) is 9.53 Å². The third-order valence-electron chi connectivity index (χ3n) is 7.60. The molecule has 0 saturated carbocycles. The van der Waals surface area contributed by atoms with Crippen LogP contribution in [0.3, 0.4) is 0 Å². The molecule has 0 saturated heterocycles. The van der Waals surface area contributed by atoms with Gasteiger partial charge in [-0.3, -0.25) is 4.79 Å². The fourth-order valence-corrected chi connectivity index (χ4v) is 5.23. The summed E-state index contributed by atoms with van der Waals surface area (Å²) in [5.74, 6) is 1.06. The van der Waals surface area contributed by atoms with Gasteiger partial charge in [-0.1, -0.05) is 43.3 Å². The lowest BCUT2D eigenvalue weighted by Crippen LogP contribution is -2.39. The van der Waals surface area contributed by atoms with Crippen molar-refractivity contribution in [2.24, 2.45) is 0 Å². The van der Waals surface area contributed by atoms with Gasteiger partial charge in [-0.05, 0) is 75.1 Å². The molecular weight excluding hydrogens is 592 g/mol. The Morgan fingerprint density at radius 1 is 1.00 bits per heavy atom. The second-order valence-electron chi connectivity index (χ2n) is 12.4. The number of carbonyl (C=O) groups excluding carboxylic acids is 2. The number of fused-ring (bicyclic) bond motifs is 1. The Bertz CT molecular complexity index is 1750. The van der Waals surface area contributed by atoms with Gasteiger partial charge in [-0.25, -0.2) is 9.78 Å². The Morgan fingerprint density at radius 3 is 2.40 bits per heavy atom. The van der Waals surface area contributed by atoms with Gasteiger partial charge in [-0.15, -0.1) is 0 Å². The van der Waals surface area contributed by atoms with Gasteiger partial charge in [0.2, 0.25) is 11.8 Å². The smallest absolute Gasteiger partial charge is 0.410 e. The van der Waals surface area contributed by atoms with E-state index in [-0.39, 0.29) is 25.6 Å². The summed E-state index contributed by atoms with van der Waals surface area (Å²) in [5.41, 5.74) is 6.84. The number of carbonyl (C=O) groups is 2. The number of para-hydroxylation sites is 1. The van der Waals surface area contributed by atoms with Gasteiger partial charge >= 0.3 is 6.09 Å². The first kappa shape index (κ1) is 34.8. The summed E-state index contributed by atoms with van der Waals surface area (Å²) in [4.78, 5) is 36.2. The maximum Gasteiger partial charge on any atom is 0.410 e. The van der Waals surface area contributed by atoms with Crippen LogP contribution in [0.4, 0.5) is 4.79 Å². The summed E-state index contributed by atoms with van der Waals surface area (Å²) < 4.78 is 17.1. The summed E-state index contributed by atoms with van der Waals surface area (Å²) >= 11 is 0. The molecule has 0 aliphatic carbocycles. The topological polar surface area (TPSA) is 97.0 Å². The minimum Gasteiger partial charge on any atom is -0.497 e. The van der Waals surface area contributed by atoms with Crippen molar-refractivity contribution in [3.05, 3.63) is 101 Å². The molecule has 0 aliphatic heterocycles. The molecule has 2 heterocycles. The largest absolute Gasteiger partial charge is 0.497 e. The number of hydrogen-bond donors (Lipinski definition) is 1. The van der Waals surface area contributed by atoms with Gasteiger partial charge in [0.15, 0.2) is 0 Å². The van der Waals surface area contributed by atoms with Crippen molar-refractivity contribution in [3.63, 3.8) is 0 Å². The number of benzene rings is 2. The Morgan fingerprint density at radius 2 is 1.77 bits per heavy atom. The van der Waals surface area contributed by atoms with Crippen molar-refractivity contribution in [1.82, 2.24) is 19.8 Å². The van der Waals surface area contributed by atoms with Crippen LogP contribution in [0.25, 0.3) is 22.0 Å². The van der Waals surface area contributed by atoms with E-state index in [1.807, 2.05) is 57.3 Å². The molecule has 2 amide bonds. The second-order valence-corrected chi connectivity index (χ2v) is 12.4. The number of aromatic nitrogens is 2. The van der Waals surface area contributed by atoms with Gasteiger partial charge in [-0.2, -0.15) is 0 Å². The summed E-state index contributed by atoms with van der Waals surface area (Å²) in [5, 5.41) is 1.17. The third kappa shape index (κ3) is 9.03. The first-order valence-corrected chi connectivity index (χ1v) is 15.8. The first-order valence-electron chi connectivity index (χ1n) is 15.8. The number of methoxy groups -OCH3 is 1. The molecule has 9 heteroatoms.